The molecule has 0 atom stereocenters. The lowest BCUT2D eigenvalue weighted by Gasteiger charge is -2.30. The highest BCUT2D eigenvalue weighted by Gasteiger charge is 2.26. The van der Waals surface area contributed by atoms with Gasteiger partial charge in [-0.1, -0.05) is 32.1 Å². The third-order valence-electron chi connectivity index (χ3n) is 3.23. The number of hydrogen-bond acceptors (Lipinski definition) is 1. The van der Waals surface area contributed by atoms with Crippen LogP contribution in [0.15, 0.2) is 0 Å². The van der Waals surface area contributed by atoms with Crippen molar-refractivity contribution in [2.45, 2.75) is 70.2 Å². The molecule has 0 unspecified atom stereocenters. The Kier molecular flexibility index (Phi) is 6.25. The SMILES string of the molecule is C[Si](C)(CCCl)OC1CCCCCCC1. The fraction of sp³-hybridized carbons (Fsp3) is 1.00. The number of halogens is 1. The Hall–Kier alpha value is 0.467. The first-order valence-electron chi connectivity index (χ1n) is 6.38. The standard InChI is InChI=1S/C12H25ClOSi/c1-15(2,11-10-13)14-12-8-6-4-3-5-7-9-12/h12H,3-11H2,1-2H3. The summed E-state index contributed by atoms with van der Waals surface area (Å²) in [5, 5.41) is 0. The Balaban J connectivity index is 2.33. The van der Waals surface area contributed by atoms with Crippen LogP contribution in [-0.2, 0) is 4.43 Å². The lowest BCUT2D eigenvalue weighted by atomic mass is 9.99. The lowest BCUT2D eigenvalue weighted by Crippen LogP contribution is -2.36. The molecule has 0 aliphatic heterocycles. The highest BCUT2D eigenvalue weighted by Crippen LogP contribution is 2.24. The number of alkyl halides is 1. The summed E-state index contributed by atoms with van der Waals surface area (Å²) in [5.74, 6) is 0.756. The molecule has 1 fully saturated rings. The van der Waals surface area contributed by atoms with Crippen molar-refractivity contribution >= 4 is 19.9 Å². The molecule has 3 heteroatoms. The quantitative estimate of drug-likeness (QED) is 0.524. The summed E-state index contributed by atoms with van der Waals surface area (Å²) in [4.78, 5) is 0. The molecule has 0 amide bonds. The topological polar surface area (TPSA) is 9.23 Å². The average molecular weight is 249 g/mol. The summed E-state index contributed by atoms with van der Waals surface area (Å²) >= 11 is 5.82. The van der Waals surface area contributed by atoms with Crippen LogP contribution in [0.3, 0.4) is 0 Å². The molecule has 0 bridgehead atoms. The maximum atomic E-state index is 6.31. The molecule has 1 rings (SSSR count). The second-order valence-electron chi connectivity index (χ2n) is 5.28. The van der Waals surface area contributed by atoms with Gasteiger partial charge in [-0.2, -0.15) is 0 Å². The zero-order valence-corrected chi connectivity index (χ0v) is 12.0. The molecule has 0 aromatic rings. The maximum absolute atomic E-state index is 6.31. The smallest absolute Gasteiger partial charge is 0.188 e. The molecule has 1 aliphatic rings. The highest BCUT2D eigenvalue weighted by molar-refractivity contribution is 6.71. The van der Waals surface area contributed by atoms with Gasteiger partial charge in [-0.3, -0.25) is 0 Å². The molecule has 1 saturated carbocycles. The van der Waals surface area contributed by atoms with Gasteiger partial charge in [0.15, 0.2) is 8.32 Å². The molecular weight excluding hydrogens is 224 g/mol. The molecule has 90 valence electrons. The van der Waals surface area contributed by atoms with Crippen LogP contribution in [0.1, 0.15) is 44.9 Å². The van der Waals surface area contributed by atoms with E-state index < -0.39 is 8.32 Å². The maximum Gasteiger partial charge on any atom is 0.188 e. The van der Waals surface area contributed by atoms with Crippen LogP contribution in [-0.4, -0.2) is 20.3 Å². The predicted octanol–water partition coefficient (Wildman–Crippen LogP) is 4.56. The van der Waals surface area contributed by atoms with E-state index in [2.05, 4.69) is 13.1 Å². The van der Waals surface area contributed by atoms with Crippen molar-refractivity contribution in [3.63, 3.8) is 0 Å². The van der Waals surface area contributed by atoms with E-state index in [1.807, 2.05) is 0 Å². The third kappa shape index (κ3) is 5.93. The monoisotopic (exact) mass is 248 g/mol. The first-order chi connectivity index (χ1) is 7.14. The van der Waals surface area contributed by atoms with Crippen molar-refractivity contribution in [1.29, 1.82) is 0 Å². The average Bonchev–Trinajstić information content (AvgIpc) is 2.09. The highest BCUT2D eigenvalue weighted by atomic mass is 35.5. The lowest BCUT2D eigenvalue weighted by molar-refractivity contribution is 0.157. The Bertz CT molecular complexity index is 165. The molecule has 0 N–H and O–H groups in total. The van der Waals surface area contributed by atoms with Gasteiger partial charge in [0.25, 0.3) is 0 Å². The zero-order chi connectivity index (χ0) is 11.1. The molecule has 1 nitrogen and oxygen atoms in total. The van der Waals surface area contributed by atoms with E-state index in [4.69, 9.17) is 16.0 Å². The largest absolute Gasteiger partial charge is 0.414 e. The minimum Gasteiger partial charge on any atom is -0.414 e. The number of rotatable bonds is 4. The van der Waals surface area contributed by atoms with Crippen molar-refractivity contribution in [3.05, 3.63) is 0 Å². The van der Waals surface area contributed by atoms with Crippen molar-refractivity contribution < 1.29 is 4.43 Å². The van der Waals surface area contributed by atoms with Gasteiger partial charge in [-0.15, -0.1) is 11.6 Å². The minimum atomic E-state index is -1.46. The predicted molar refractivity (Wildman–Crippen MR) is 70.2 cm³/mol. The fourth-order valence-corrected chi connectivity index (χ4v) is 5.35. The fourth-order valence-electron chi connectivity index (χ4n) is 2.27. The van der Waals surface area contributed by atoms with Gasteiger partial charge < -0.3 is 4.43 Å². The van der Waals surface area contributed by atoms with E-state index in [0.717, 1.165) is 11.9 Å². The van der Waals surface area contributed by atoms with Gasteiger partial charge in [0.1, 0.15) is 0 Å². The van der Waals surface area contributed by atoms with E-state index in [1.54, 1.807) is 0 Å². The second kappa shape index (κ2) is 6.92. The first-order valence-corrected chi connectivity index (χ1v) is 10.0. The molecular formula is C12H25ClOSi. The number of hydrogen-bond donors (Lipinski definition) is 0. The van der Waals surface area contributed by atoms with Crippen molar-refractivity contribution in [1.82, 2.24) is 0 Å². The Morgan fingerprint density at radius 1 is 1.07 bits per heavy atom. The molecule has 0 aromatic heterocycles. The molecule has 15 heavy (non-hydrogen) atoms. The summed E-state index contributed by atoms with van der Waals surface area (Å²) < 4.78 is 6.31. The van der Waals surface area contributed by atoms with Crippen LogP contribution >= 0.6 is 11.6 Å². The van der Waals surface area contributed by atoms with Crippen LogP contribution in [0.25, 0.3) is 0 Å². The van der Waals surface area contributed by atoms with Crippen LogP contribution < -0.4 is 0 Å². The zero-order valence-electron chi connectivity index (χ0n) is 10.2. The van der Waals surface area contributed by atoms with Crippen LogP contribution in [0.4, 0.5) is 0 Å². The van der Waals surface area contributed by atoms with Crippen molar-refractivity contribution in [2.24, 2.45) is 0 Å². The molecule has 0 spiro atoms. The summed E-state index contributed by atoms with van der Waals surface area (Å²) in [7, 11) is -1.46. The minimum absolute atomic E-state index is 0.537. The molecule has 1 aliphatic carbocycles. The second-order valence-corrected chi connectivity index (χ2v) is 9.92. The molecule has 0 aromatic carbocycles. The van der Waals surface area contributed by atoms with Crippen LogP contribution in [0.5, 0.6) is 0 Å². The summed E-state index contributed by atoms with van der Waals surface area (Å²) in [6, 6.07) is 1.09. The molecule has 0 radical (unpaired) electrons. The van der Waals surface area contributed by atoms with Gasteiger partial charge in [0, 0.05) is 12.0 Å². The Morgan fingerprint density at radius 2 is 1.60 bits per heavy atom. The van der Waals surface area contributed by atoms with Gasteiger partial charge in [0.2, 0.25) is 0 Å². The normalized spacial score (nSPS) is 21.0. The van der Waals surface area contributed by atoms with Crippen molar-refractivity contribution in [2.75, 3.05) is 5.88 Å². The summed E-state index contributed by atoms with van der Waals surface area (Å²) in [6.45, 7) is 4.60. The summed E-state index contributed by atoms with van der Waals surface area (Å²) in [5.41, 5.74) is 0. The van der Waals surface area contributed by atoms with Gasteiger partial charge >= 0.3 is 0 Å². The van der Waals surface area contributed by atoms with Crippen molar-refractivity contribution in [3.8, 4) is 0 Å². The molecule has 0 heterocycles. The van der Waals surface area contributed by atoms with E-state index >= 15 is 0 Å². The van der Waals surface area contributed by atoms with Gasteiger partial charge in [-0.25, -0.2) is 0 Å². The third-order valence-corrected chi connectivity index (χ3v) is 6.17. The Labute approximate surface area is 101 Å². The van der Waals surface area contributed by atoms with E-state index in [0.29, 0.717) is 6.10 Å². The van der Waals surface area contributed by atoms with Gasteiger partial charge in [0.05, 0.1) is 0 Å². The van der Waals surface area contributed by atoms with Gasteiger partial charge in [-0.05, 0) is 32.0 Å². The van der Waals surface area contributed by atoms with Crippen LogP contribution in [0, 0.1) is 0 Å². The Morgan fingerprint density at radius 3 is 2.13 bits per heavy atom. The molecule has 0 saturated heterocycles. The summed E-state index contributed by atoms with van der Waals surface area (Å²) in [6.07, 6.45) is 10.0. The van der Waals surface area contributed by atoms with Crippen LogP contribution in [0.2, 0.25) is 19.1 Å². The van der Waals surface area contributed by atoms with E-state index in [1.165, 1.54) is 44.9 Å². The van der Waals surface area contributed by atoms with E-state index in [-0.39, 0.29) is 0 Å². The first kappa shape index (κ1) is 13.5. The van der Waals surface area contributed by atoms with E-state index in [9.17, 15) is 0 Å².